The van der Waals surface area contributed by atoms with Crippen molar-refractivity contribution in [1.82, 2.24) is 5.64 Å². The molecule has 0 unspecified atom stereocenters. The summed E-state index contributed by atoms with van der Waals surface area (Å²) in [4.78, 5) is 22.1. The van der Waals surface area contributed by atoms with E-state index in [1.165, 1.54) is 12.1 Å². The highest BCUT2D eigenvalue weighted by Crippen LogP contribution is 2.32. The molecule has 1 aromatic carbocycles. The summed E-state index contributed by atoms with van der Waals surface area (Å²) in [5.41, 5.74) is 2.52. The maximum absolute atomic E-state index is 14.1. The molecule has 1 atom stereocenters. The fourth-order valence-electron chi connectivity index (χ4n) is 2.43. The number of nitrogens with zero attached hydrogens (tertiary/aromatic N) is 1. The van der Waals surface area contributed by atoms with Crippen LogP contribution in [0.15, 0.2) is 12.1 Å². The van der Waals surface area contributed by atoms with Crippen LogP contribution in [0.25, 0.3) is 0 Å². The lowest BCUT2D eigenvalue weighted by molar-refractivity contribution is -0.242. The van der Waals surface area contributed by atoms with E-state index >= 15 is 0 Å². The first-order valence-electron chi connectivity index (χ1n) is 6.40. The number of anilines is 1. The molecule has 2 fully saturated rings. The average Bonchev–Trinajstić information content (AvgIpc) is 2.38. The average molecular weight is 284 g/mol. The molecule has 108 valence electrons. The molecule has 5 nitrogen and oxygen atoms in total. The first-order valence-corrected chi connectivity index (χ1v) is 6.40. The monoisotopic (exact) mass is 284 g/mol. The number of hydrogen-bond donors (Lipinski definition) is 1. The van der Waals surface area contributed by atoms with E-state index in [2.05, 4.69) is 5.64 Å². The largest absolute Gasteiger partial charge is 0.370 e. The van der Waals surface area contributed by atoms with E-state index in [9.17, 15) is 13.6 Å². The van der Waals surface area contributed by atoms with E-state index in [0.29, 0.717) is 31.8 Å². The number of hydrogen-bond acceptors (Lipinski definition) is 5. The summed E-state index contributed by atoms with van der Waals surface area (Å²) in [6.45, 7) is 1.31. The zero-order chi connectivity index (χ0) is 14.1. The van der Waals surface area contributed by atoms with Gasteiger partial charge in [0, 0.05) is 31.1 Å². The molecule has 1 N–H and O–H groups in total. The molecule has 0 spiro atoms. The molecule has 0 amide bonds. The van der Waals surface area contributed by atoms with Gasteiger partial charge in [0.25, 0.3) is 0 Å². The second-order valence-corrected chi connectivity index (χ2v) is 4.95. The van der Waals surface area contributed by atoms with Gasteiger partial charge in [-0.25, -0.2) is 8.78 Å². The van der Waals surface area contributed by atoms with Crippen molar-refractivity contribution in [2.45, 2.75) is 12.5 Å². The Labute approximate surface area is 114 Å². The Kier molecular flexibility index (Phi) is 3.64. The van der Waals surface area contributed by atoms with E-state index < -0.39 is 17.7 Å². The van der Waals surface area contributed by atoms with Crippen molar-refractivity contribution in [3.8, 4) is 0 Å². The molecule has 2 heterocycles. The highest BCUT2D eigenvalue weighted by molar-refractivity contribution is 5.62. The lowest BCUT2D eigenvalue weighted by atomic mass is 9.99. The van der Waals surface area contributed by atoms with E-state index in [4.69, 9.17) is 9.68 Å². The summed E-state index contributed by atoms with van der Waals surface area (Å²) in [5.74, 6) is -1.35. The third kappa shape index (κ3) is 2.39. The second kappa shape index (κ2) is 5.43. The topological polar surface area (TPSA) is 50.8 Å². The van der Waals surface area contributed by atoms with Gasteiger partial charge in [0.05, 0.1) is 12.2 Å². The molecule has 0 bridgehead atoms. The molecule has 0 saturated carbocycles. The highest BCUT2D eigenvalue weighted by Gasteiger charge is 2.30. The number of nitrogens with one attached hydrogen (secondary N) is 1. The Morgan fingerprint density at radius 1 is 1.30 bits per heavy atom. The number of halogens is 2. The van der Waals surface area contributed by atoms with Gasteiger partial charge < -0.3 is 9.69 Å². The number of carbonyl (C=O) groups is 1. The van der Waals surface area contributed by atoms with Crippen LogP contribution in [-0.2, 0) is 14.5 Å². The molecule has 2 aliphatic heterocycles. The molecule has 2 aliphatic rings. The number of rotatable bonds is 3. The second-order valence-electron chi connectivity index (χ2n) is 4.95. The number of carbonyl (C=O) groups excluding carboxylic acids is 1. The molecular weight excluding hydrogens is 270 g/mol. The minimum Gasteiger partial charge on any atom is -0.370 e. The summed E-state index contributed by atoms with van der Waals surface area (Å²) in [6, 6.07) is 2.55. The van der Waals surface area contributed by atoms with E-state index in [1.807, 2.05) is 0 Å². The SMILES string of the molecule is O=CC1CN(c2cc(F)c([C@H]3CCONO3)c(F)c2)C1. The Bertz CT molecular complexity index is 491. The Morgan fingerprint density at radius 3 is 2.55 bits per heavy atom. The van der Waals surface area contributed by atoms with Gasteiger partial charge in [-0.15, -0.1) is 0 Å². The Balaban J connectivity index is 1.81. The lowest BCUT2D eigenvalue weighted by Crippen LogP contribution is -2.47. The van der Waals surface area contributed by atoms with Crippen LogP contribution in [0.5, 0.6) is 0 Å². The predicted molar refractivity (Wildman–Crippen MR) is 65.7 cm³/mol. The minimum absolute atomic E-state index is 0.0520. The van der Waals surface area contributed by atoms with Crippen molar-refractivity contribution < 1.29 is 23.3 Å². The number of benzene rings is 1. The van der Waals surface area contributed by atoms with Crippen LogP contribution in [0, 0.1) is 17.6 Å². The summed E-state index contributed by atoms with van der Waals surface area (Å²) in [6.07, 6.45) is 0.521. The predicted octanol–water partition coefficient (Wildman–Crippen LogP) is 1.50. The van der Waals surface area contributed by atoms with Crippen LogP contribution in [0.1, 0.15) is 18.1 Å². The zero-order valence-corrected chi connectivity index (χ0v) is 10.6. The fraction of sp³-hybridized carbons (Fsp3) is 0.462. The van der Waals surface area contributed by atoms with Crippen molar-refractivity contribution >= 4 is 12.0 Å². The van der Waals surface area contributed by atoms with Crippen molar-refractivity contribution in [3.05, 3.63) is 29.3 Å². The van der Waals surface area contributed by atoms with E-state index in [0.717, 1.165) is 6.29 Å². The summed E-state index contributed by atoms with van der Waals surface area (Å²) in [7, 11) is 0. The van der Waals surface area contributed by atoms with Crippen LogP contribution in [0.3, 0.4) is 0 Å². The van der Waals surface area contributed by atoms with Crippen molar-refractivity contribution in [1.29, 1.82) is 0 Å². The fourth-order valence-corrected chi connectivity index (χ4v) is 2.43. The Morgan fingerprint density at radius 2 is 2.00 bits per heavy atom. The molecular formula is C13H14F2N2O3. The maximum atomic E-state index is 14.1. The molecule has 0 aliphatic carbocycles. The molecule has 3 rings (SSSR count). The molecule has 20 heavy (non-hydrogen) atoms. The molecule has 1 aromatic rings. The standard InChI is InChI=1S/C13H14F2N2O3/c14-10-3-9(17-5-8(6-17)7-18)4-11(15)13(10)12-1-2-19-16-20-12/h3-4,7-8,12,16H,1-2,5-6H2/t12-/m1/s1. The summed E-state index contributed by atoms with van der Waals surface area (Å²) in [5, 5.41) is 0. The van der Waals surface area contributed by atoms with Gasteiger partial charge in [-0.2, -0.15) is 0 Å². The highest BCUT2D eigenvalue weighted by atomic mass is 19.1. The lowest BCUT2D eigenvalue weighted by Gasteiger charge is -2.38. The van der Waals surface area contributed by atoms with Crippen molar-refractivity contribution in [2.24, 2.45) is 5.92 Å². The van der Waals surface area contributed by atoms with Crippen LogP contribution in [-0.4, -0.2) is 26.0 Å². The molecule has 0 aromatic heterocycles. The zero-order valence-electron chi connectivity index (χ0n) is 10.6. The first kappa shape index (κ1) is 13.4. The van der Waals surface area contributed by atoms with Gasteiger partial charge in [0.1, 0.15) is 24.0 Å². The third-order valence-corrected chi connectivity index (χ3v) is 3.58. The van der Waals surface area contributed by atoms with Crippen LogP contribution in [0.2, 0.25) is 0 Å². The van der Waals surface area contributed by atoms with Crippen LogP contribution < -0.4 is 10.5 Å². The first-order chi connectivity index (χ1) is 9.69. The molecule has 7 heteroatoms. The minimum atomic E-state index is -0.711. The molecule has 2 saturated heterocycles. The quantitative estimate of drug-likeness (QED) is 0.852. The summed E-state index contributed by atoms with van der Waals surface area (Å²) >= 11 is 0. The summed E-state index contributed by atoms with van der Waals surface area (Å²) < 4.78 is 28.2. The van der Waals surface area contributed by atoms with E-state index in [1.54, 1.807) is 4.90 Å². The smallest absolute Gasteiger partial charge is 0.134 e. The van der Waals surface area contributed by atoms with Gasteiger partial charge in [-0.3, -0.25) is 9.68 Å². The van der Waals surface area contributed by atoms with Crippen LogP contribution in [0.4, 0.5) is 14.5 Å². The normalized spacial score (nSPS) is 23.5. The van der Waals surface area contributed by atoms with Gasteiger partial charge in [-0.1, -0.05) is 5.64 Å². The molecule has 0 radical (unpaired) electrons. The van der Waals surface area contributed by atoms with Gasteiger partial charge >= 0.3 is 0 Å². The van der Waals surface area contributed by atoms with Crippen LogP contribution >= 0.6 is 0 Å². The van der Waals surface area contributed by atoms with Crippen molar-refractivity contribution in [2.75, 3.05) is 24.6 Å². The Hall–Kier alpha value is -1.57. The number of aldehydes is 1. The van der Waals surface area contributed by atoms with Gasteiger partial charge in [0.2, 0.25) is 0 Å². The van der Waals surface area contributed by atoms with Gasteiger partial charge in [0.15, 0.2) is 0 Å². The van der Waals surface area contributed by atoms with Crippen molar-refractivity contribution in [3.63, 3.8) is 0 Å². The third-order valence-electron chi connectivity index (χ3n) is 3.58. The maximum Gasteiger partial charge on any atom is 0.134 e. The van der Waals surface area contributed by atoms with E-state index in [-0.39, 0.29) is 11.5 Å². The van der Waals surface area contributed by atoms with Gasteiger partial charge in [-0.05, 0) is 12.1 Å².